The molecule has 7 aliphatic heterocycles. The highest BCUT2D eigenvalue weighted by Crippen LogP contribution is 2.50. The van der Waals surface area contributed by atoms with Crippen LogP contribution in [0.3, 0.4) is 0 Å². The zero-order chi connectivity index (χ0) is 83.3. The summed E-state index contributed by atoms with van der Waals surface area (Å²) < 4.78 is 50.3. The van der Waals surface area contributed by atoms with Gasteiger partial charge in [-0.15, -0.1) is 0 Å². The molecule has 0 aliphatic carbocycles. The molecule has 6 aromatic rings. The van der Waals surface area contributed by atoms with Crippen LogP contribution >= 0.6 is 23.2 Å². The maximum absolute atomic E-state index is 16.1. The molecule has 20 N–H and O–H groups in total. The number of primary amides is 1. The van der Waals surface area contributed by atoms with Gasteiger partial charge in [-0.05, 0) is 116 Å². The van der Waals surface area contributed by atoms with Gasteiger partial charge in [-0.25, -0.2) is 9.59 Å². The number of carboxylic acid groups (broad SMARTS) is 1. The van der Waals surface area contributed by atoms with Gasteiger partial charge < -0.3 is 137 Å². The van der Waals surface area contributed by atoms with E-state index in [1.807, 2.05) is 13.8 Å². The number of rotatable bonds is 19. The average Bonchev–Trinajstić information content (AvgIpc) is 1.04. The largest absolute Gasteiger partial charge is 0.508 e. The molecule has 38 heteroatoms. The van der Waals surface area contributed by atoms with Gasteiger partial charge in [0.05, 0.1) is 55.0 Å². The van der Waals surface area contributed by atoms with Crippen LogP contribution in [-0.2, 0) is 73.4 Å². The Morgan fingerprint density at radius 2 is 1.35 bits per heavy atom. The van der Waals surface area contributed by atoms with Crippen LogP contribution in [0.1, 0.15) is 111 Å². The Labute approximate surface area is 665 Å². The number of aliphatic hydroxyl groups is 6. The molecule has 0 saturated carbocycles. The van der Waals surface area contributed by atoms with E-state index >= 15 is 14.4 Å². The zero-order valence-electron chi connectivity index (χ0n) is 62.4. The number of benzene rings is 6. The summed E-state index contributed by atoms with van der Waals surface area (Å²) in [6.07, 6.45) is -20.8. The van der Waals surface area contributed by atoms with E-state index in [9.17, 15) is 79.8 Å². The number of aliphatic carboxylic acids is 1. The molecule has 7 aliphatic rings. The first kappa shape index (κ1) is 85.3. The average molecular weight is 1640 g/mol. The molecule has 36 nitrogen and oxygen atoms in total. The lowest BCUT2D eigenvalue weighted by atomic mass is 9.84. The highest BCUT2D eigenvalue weighted by Gasteiger charge is 2.53. The summed E-state index contributed by atoms with van der Waals surface area (Å²) in [5, 5.41) is 136. The topological polar surface area (TPSA) is 552 Å². The van der Waals surface area contributed by atoms with Crippen LogP contribution in [0.5, 0.6) is 46.0 Å². The number of nitrogens with two attached hydrogens (primary N) is 1. The molecule has 0 aromatic heterocycles. The molecule has 616 valence electrons. The van der Waals surface area contributed by atoms with Gasteiger partial charge in [-0.3, -0.25) is 33.6 Å². The molecule has 13 unspecified atom stereocenters. The van der Waals surface area contributed by atoms with Crippen molar-refractivity contribution in [2.45, 2.75) is 169 Å². The molecule has 0 spiro atoms. The Bertz CT molecular complexity index is 4680. The first-order valence-corrected chi connectivity index (χ1v) is 37.0. The number of likely N-dealkylation sites (N-methyl/N-ethyl adjacent to an activating group) is 1. The number of nitrogens with one attached hydrogen (secondary N) is 8. The summed E-state index contributed by atoms with van der Waals surface area (Å²) >= 11 is 14.3. The molecule has 2 fully saturated rings. The van der Waals surface area contributed by atoms with Gasteiger partial charge in [0.1, 0.15) is 89.5 Å². The van der Waals surface area contributed by atoms with E-state index in [0.29, 0.717) is 0 Å². The Morgan fingerprint density at radius 3 is 1.96 bits per heavy atom. The van der Waals surface area contributed by atoms with E-state index in [4.69, 9.17) is 66.8 Å². The first-order chi connectivity index (χ1) is 54.6. The Morgan fingerprint density at radius 1 is 0.713 bits per heavy atom. The molecule has 7 amide bonds. The van der Waals surface area contributed by atoms with Crippen molar-refractivity contribution in [1.29, 1.82) is 0 Å². The minimum atomic E-state index is -2.32. The molecule has 6 aromatic carbocycles. The van der Waals surface area contributed by atoms with E-state index < -0.39 is 254 Å². The van der Waals surface area contributed by atoms with Gasteiger partial charge in [0.25, 0.3) is 0 Å². The second-order valence-electron chi connectivity index (χ2n) is 28.8. The number of phenols is 3. The third-order valence-corrected chi connectivity index (χ3v) is 20.8. The smallest absolute Gasteiger partial charge is 0.336 e. The van der Waals surface area contributed by atoms with Gasteiger partial charge in [-0.1, -0.05) is 85.6 Å². The van der Waals surface area contributed by atoms with E-state index in [0.717, 1.165) is 72.3 Å². The number of hydrogen-bond donors (Lipinski definition) is 19. The Balaban J connectivity index is 1.10. The number of aromatic hydroxyl groups is 3. The SMILES string of the molecule is CN[C@H](CC(C)C)C(=O)NC1C(=O)NC(C(N)=O)CC(=O)N[C@H]2C(=O)NC3C(=O)N[C@H](C(=O)N[C@@H](C(=O)O)c4cc(O)cc(O)c4-c4cc3ccc4O)[C@H](O)c3ccc(c(Cl)c3)Oc3cc2cc(c3OC2OC(CO)C(O)C(O)C2OC2CC(C)(NCC(OCc3ccccc3)C(=O)OC)C(O)C(C)O2)Oc2ccc(cc2Cl)[C@H]1O. The number of methoxy groups -OCH3 is 1. The van der Waals surface area contributed by atoms with Crippen LogP contribution in [-0.4, -0.2) is 217 Å². The van der Waals surface area contributed by atoms with E-state index in [-0.39, 0.29) is 54.4 Å². The lowest BCUT2D eigenvalue weighted by Crippen LogP contribution is -2.66. The minimum Gasteiger partial charge on any atom is -0.508 e. The van der Waals surface area contributed by atoms with Crippen LogP contribution in [0, 0.1) is 5.92 Å². The molecule has 11 bridgehead atoms. The summed E-state index contributed by atoms with van der Waals surface area (Å²) in [4.78, 5) is 131. The van der Waals surface area contributed by atoms with Gasteiger partial charge in [-0.2, -0.15) is 0 Å². The predicted octanol–water partition coefficient (Wildman–Crippen LogP) is 1.50. The fourth-order valence-electron chi connectivity index (χ4n) is 14.1. The van der Waals surface area contributed by atoms with E-state index in [1.165, 1.54) is 33.2 Å². The van der Waals surface area contributed by atoms with Crippen molar-refractivity contribution in [2.75, 3.05) is 27.3 Å². The number of hydrogen-bond acceptors (Lipinski definition) is 28. The molecular formula is C77H87Cl2N9O27. The molecular weight excluding hydrogens is 1550 g/mol. The number of halogens is 2. The number of amides is 7. The van der Waals surface area contributed by atoms with Crippen molar-refractivity contribution in [2.24, 2.45) is 11.7 Å². The van der Waals surface area contributed by atoms with Gasteiger partial charge in [0.2, 0.25) is 53.4 Å². The first-order valence-electron chi connectivity index (χ1n) is 36.2. The normalized spacial score (nSPS) is 27.6. The summed E-state index contributed by atoms with van der Waals surface area (Å²) in [7, 11) is 2.64. The third kappa shape index (κ3) is 19.0. The number of carbonyl (C=O) groups excluding carboxylic acids is 8. The quantitative estimate of drug-likeness (QED) is 0.0511. The van der Waals surface area contributed by atoms with Crippen LogP contribution in [0.25, 0.3) is 11.1 Å². The Hall–Kier alpha value is -10.5. The van der Waals surface area contributed by atoms with E-state index in [1.54, 1.807) is 37.3 Å². The lowest BCUT2D eigenvalue weighted by molar-refractivity contribution is -0.334. The molecule has 0 radical (unpaired) electrons. The van der Waals surface area contributed by atoms with Crippen molar-refractivity contribution in [3.8, 4) is 57.1 Å². The van der Waals surface area contributed by atoms with Crippen LogP contribution < -0.4 is 62.5 Å². The number of fused-ring (bicyclic) bond motifs is 16. The second kappa shape index (κ2) is 36.1. The van der Waals surface area contributed by atoms with Crippen molar-refractivity contribution < 1.29 is 132 Å². The van der Waals surface area contributed by atoms with Gasteiger partial charge in [0.15, 0.2) is 36.0 Å². The second-order valence-corrected chi connectivity index (χ2v) is 29.6. The summed E-state index contributed by atoms with van der Waals surface area (Å²) in [5.74, 6) is -17.0. The predicted molar refractivity (Wildman–Crippen MR) is 400 cm³/mol. The van der Waals surface area contributed by atoms with Crippen LogP contribution in [0.15, 0.2) is 109 Å². The third-order valence-electron chi connectivity index (χ3n) is 20.2. The summed E-state index contributed by atoms with van der Waals surface area (Å²) in [5.41, 5.74) is 2.28. The molecule has 13 rings (SSSR count). The van der Waals surface area contributed by atoms with Crippen molar-refractivity contribution in [3.63, 3.8) is 0 Å². The Kier molecular flexibility index (Phi) is 26.8. The lowest BCUT2D eigenvalue weighted by Gasteiger charge is -2.48. The van der Waals surface area contributed by atoms with Crippen LogP contribution in [0.2, 0.25) is 10.0 Å². The number of ether oxygens (including phenoxy) is 8. The zero-order valence-corrected chi connectivity index (χ0v) is 63.9. The highest BCUT2D eigenvalue weighted by atomic mass is 35.5. The van der Waals surface area contributed by atoms with Crippen molar-refractivity contribution in [1.82, 2.24) is 42.5 Å². The molecule has 19 atom stereocenters. The minimum absolute atomic E-state index is 0.0193. The standard InChI is InChI=1S/C77H87Cl2N9O27/c1-31(2)18-44(81-5)69(100)87-59-61(94)35-13-16-47(41(78)20-35)111-49-22-37-23-50(65(49)115-76-66(64(97)63(96)52(29-89)113-76)114-54-27-77(4,67(98)32(3)110-54)82-28-51(75(107)108-6)109-30-33-10-8-7-9-11-33)112-48-17-14-36(21-42(48)79)62(95)60-73(104)86-58(74(105)106)40-24-38(90)25-46(92)55(40)39-19-34(12-15-45(39)91)56(70(101)88-60)85-71(102)57(37)84-53(93)26-43(68(80)99)83-72(59)103/h7-17,19-25,31-32,43-44,51-52,54,56-64,66-67,76,81-82,89-92,94-98H,18,26-30H2,1-6H3,(H2,80,99)(H,83,103)(H,84,93)(H,85,102)(H,86,104)(H,87,100)(H,88,101)(H,105,106)/t32?,43?,44-,51?,52?,54?,56?,57-,58-,59?,60+,61-,62-,63?,64?,66?,67?,76?,77?/m1/s1. The van der Waals surface area contributed by atoms with Gasteiger partial charge >= 0.3 is 11.9 Å². The van der Waals surface area contributed by atoms with E-state index in [2.05, 4.69) is 42.5 Å². The van der Waals surface area contributed by atoms with Gasteiger partial charge in [0, 0.05) is 41.3 Å². The number of phenolic OH excluding ortho intramolecular Hbond substituents is 3. The van der Waals surface area contributed by atoms with Crippen molar-refractivity contribution >= 4 is 76.5 Å². The molecule has 7 heterocycles. The fraction of sp³-hybridized carbons (Fsp3) is 0.416. The maximum Gasteiger partial charge on any atom is 0.336 e. The summed E-state index contributed by atoms with van der Waals surface area (Å²) in [6, 6.07) is 8.25. The fourth-order valence-corrected chi connectivity index (χ4v) is 14.5. The maximum atomic E-state index is 16.1. The highest BCUT2D eigenvalue weighted by molar-refractivity contribution is 6.32. The number of carbonyl (C=O) groups is 9. The van der Waals surface area contributed by atoms with Crippen molar-refractivity contribution in [3.05, 3.63) is 153 Å². The molecule has 115 heavy (non-hydrogen) atoms. The number of carboxylic acids is 1. The monoisotopic (exact) mass is 1640 g/mol. The summed E-state index contributed by atoms with van der Waals surface area (Å²) in [6.45, 7) is 5.41. The van der Waals surface area contributed by atoms with Crippen LogP contribution in [0.4, 0.5) is 0 Å². The molecule has 2 saturated heterocycles. The number of esters is 1. The number of aliphatic hydroxyl groups excluding tert-OH is 6.